The topological polar surface area (TPSA) is 45.8 Å². The van der Waals surface area contributed by atoms with Crippen LogP contribution in [0.25, 0.3) is 11.4 Å². The molecule has 2 rings (SSSR count). The maximum absolute atomic E-state index is 11.1. The lowest BCUT2D eigenvalue weighted by atomic mass is 10.1. The number of aryl methyl sites for hydroxylation is 1. The van der Waals surface area contributed by atoms with E-state index in [0.717, 1.165) is 22.6 Å². The maximum Gasteiger partial charge on any atom is 0.159 e. The van der Waals surface area contributed by atoms with E-state index >= 15 is 0 Å². The van der Waals surface area contributed by atoms with Gasteiger partial charge in [-0.25, -0.2) is 4.98 Å². The molecule has 84 valence electrons. The lowest BCUT2D eigenvalue weighted by Gasteiger charge is -1.98. The van der Waals surface area contributed by atoms with Crippen molar-refractivity contribution in [1.29, 1.82) is 0 Å². The molecule has 1 aromatic carbocycles. The Balaban J connectivity index is 0.00000128. The highest BCUT2D eigenvalue weighted by molar-refractivity contribution is 5.94. The fraction of sp³-hybridized carbons (Fsp3) is 0.231. The number of benzene rings is 1. The van der Waals surface area contributed by atoms with Crippen LogP contribution in [0.1, 0.15) is 30.4 Å². The van der Waals surface area contributed by atoms with Crippen molar-refractivity contribution >= 4 is 5.78 Å². The van der Waals surface area contributed by atoms with Crippen LogP contribution in [0.5, 0.6) is 0 Å². The van der Waals surface area contributed by atoms with E-state index in [1.807, 2.05) is 31.2 Å². The number of H-pyrrole nitrogens is 1. The van der Waals surface area contributed by atoms with Crippen LogP contribution in [0.3, 0.4) is 0 Å². The van der Waals surface area contributed by atoms with Crippen LogP contribution in [0.2, 0.25) is 0 Å². The Morgan fingerprint density at radius 2 is 1.88 bits per heavy atom. The number of carbonyl (C=O) groups excluding carboxylic acids is 1. The van der Waals surface area contributed by atoms with Crippen LogP contribution >= 0.6 is 0 Å². The number of hydrogen-bond acceptors (Lipinski definition) is 2. The number of ketones is 1. The van der Waals surface area contributed by atoms with E-state index in [0.29, 0.717) is 0 Å². The summed E-state index contributed by atoms with van der Waals surface area (Å²) in [6.45, 7) is 3.52. The van der Waals surface area contributed by atoms with E-state index < -0.39 is 0 Å². The molecule has 0 saturated carbocycles. The van der Waals surface area contributed by atoms with Gasteiger partial charge in [-0.1, -0.05) is 31.7 Å². The van der Waals surface area contributed by atoms with Gasteiger partial charge in [0.2, 0.25) is 0 Å². The van der Waals surface area contributed by atoms with E-state index in [1.165, 1.54) is 0 Å². The molecule has 1 aromatic heterocycles. The summed E-state index contributed by atoms with van der Waals surface area (Å²) in [4.78, 5) is 18.4. The molecule has 1 heterocycles. The molecule has 3 heteroatoms. The Kier molecular flexibility index (Phi) is 3.61. The van der Waals surface area contributed by atoms with Crippen molar-refractivity contribution in [2.75, 3.05) is 0 Å². The highest BCUT2D eigenvalue weighted by atomic mass is 16.1. The van der Waals surface area contributed by atoms with E-state index in [4.69, 9.17) is 0 Å². The van der Waals surface area contributed by atoms with Gasteiger partial charge in [0.25, 0.3) is 0 Å². The van der Waals surface area contributed by atoms with Crippen molar-refractivity contribution in [3.8, 4) is 11.4 Å². The summed E-state index contributed by atoms with van der Waals surface area (Å²) < 4.78 is 0. The molecule has 0 aliphatic rings. The third-order valence-electron chi connectivity index (χ3n) is 2.27. The molecule has 0 bridgehead atoms. The van der Waals surface area contributed by atoms with Crippen LogP contribution in [0.15, 0.2) is 30.5 Å². The van der Waals surface area contributed by atoms with E-state index in [2.05, 4.69) is 9.97 Å². The number of nitrogens with one attached hydrogen (secondary N) is 1. The van der Waals surface area contributed by atoms with Gasteiger partial charge in [-0.05, 0) is 13.8 Å². The average Bonchev–Trinajstić information content (AvgIpc) is 2.65. The fourth-order valence-corrected chi connectivity index (χ4v) is 1.42. The van der Waals surface area contributed by atoms with Crippen LogP contribution < -0.4 is 0 Å². The Morgan fingerprint density at radius 3 is 2.31 bits per heavy atom. The molecule has 0 amide bonds. The smallest absolute Gasteiger partial charge is 0.159 e. The quantitative estimate of drug-likeness (QED) is 0.783. The first-order chi connectivity index (χ1) is 7.16. The minimum atomic E-state index is 0. The molecule has 1 N–H and O–H groups in total. The number of aromatic nitrogens is 2. The number of imidazole rings is 1. The minimum Gasteiger partial charge on any atom is -0.342 e. The van der Waals surface area contributed by atoms with Gasteiger partial charge in [0.15, 0.2) is 5.78 Å². The highest BCUT2D eigenvalue weighted by Crippen LogP contribution is 2.16. The molecule has 0 radical (unpaired) electrons. The van der Waals surface area contributed by atoms with Crippen molar-refractivity contribution in [1.82, 2.24) is 9.97 Å². The molecule has 0 aliphatic carbocycles. The summed E-state index contributed by atoms with van der Waals surface area (Å²) in [7, 11) is 0. The number of Topliss-reactive ketones (excluding diaryl/α,β-unsaturated/α-hetero) is 1. The van der Waals surface area contributed by atoms with Crippen molar-refractivity contribution < 1.29 is 4.79 Å². The standard InChI is InChI=1S/C12H12N2O.CH4/c1-8-7-13-12(14-8)11-5-3-10(4-6-11)9(2)15;/h3-7H,1-2H3,(H,13,14);1H4. The number of rotatable bonds is 2. The molecule has 3 nitrogen and oxygen atoms in total. The Hall–Kier alpha value is -1.90. The van der Waals surface area contributed by atoms with Crippen molar-refractivity contribution in [2.24, 2.45) is 0 Å². The Labute approximate surface area is 95.5 Å². The summed E-state index contributed by atoms with van der Waals surface area (Å²) in [6.07, 6.45) is 1.79. The first-order valence-corrected chi connectivity index (χ1v) is 4.80. The Morgan fingerprint density at radius 1 is 1.25 bits per heavy atom. The first-order valence-electron chi connectivity index (χ1n) is 4.80. The van der Waals surface area contributed by atoms with Crippen LogP contribution in [-0.2, 0) is 0 Å². The molecular formula is C13H16N2O. The zero-order valence-corrected chi connectivity index (χ0v) is 8.74. The number of nitrogens with zero attached hydrogens (tertiary/aromatic N) is 1. The Bertz CT molecular complexity index is 483. The van der Waals surface area contributed by atoms with Gasteiger partial charge in [-0.15, -0.1) is 0 Å². The molecule has 0 fully saturated rings. The largest absolute Gasteiger partial charge is 0.342 e. The summed E-state index contributed by atoms with van der Waals surface area (Å²) in [6, 6.07) is 7.43. The van der Waals surface area contributed by atoms with Crippen molar-refractivity contribution in [2.45, 2.75) is 21.3 Å². The van der Waals surface area contributed by atoms with Gasteiger partial charge in [0.05, 0.1) is 0 Å². The molecule has 0 spiro atoms. The minimum absolute atomic E-state index is 0. The average molecular weight is 216 g/mol. The van der Waals surface area contributed by atoms with Crippen LogP contribution in [0, 0.1) is 6.92 Å². The number of aromatic amines is 1. The van der Waals surface area contributed by atoms with Gasteiger partial charge < -0.3 is 4.98 Å². The SMILES string of the molecule is C.CC(=O)c1ccc(-c2ncc(C)[nH]2)cc1. The summed E-state index contributed by atoms with van der Waals surface area (Å²) in [5, 5.41) is 0. The molecule has 2 aromatic rings. The second kappa shape index (κ2) is 4.75. The van der Waals surface area contributed by atoms with Gasteiger partial charge >= 0.3 is 0 Å². The summed E-state index contributed by atoms with van der Waals surface area (Å²) >= 11 is 0. The normalized spacial score (nSPS) is 9.62. The lowest BCUT2D eigenvalue weighted by molar-refractivity contribution is 0.101. The van der Waals surface area contributed by atoms with Crippen molar-refractivity contribution in [3.63, 3.8) is 0 Å². The predicted octanol–water partition coefficient (Wildman–Crippen LogP) is 3.22. The molecule has 0 saturated heterocycles. The second-order valence-corrected chi connectivity index (χ2v) is 3.55. The lowest BCUT2D eigenvalue weighted by Crippen LogP contribution is -1.91. The zero-order chi connectivity index (χ0) is 10.8. The summed E-state index contributed by atoms with van der Waals surface area (Å²) in [5.74, 6) is 0.916. The predicted molar refractivity (Wildman–Crippen MR) is 65.5 cm³/mol. The van der Waals surface area contributed by atoms with Crippen LogP contribution in [0.4, 0.5) is 0 Å². The first kappa shape index (κ1) is 12.2. The molecule has 16 heavy (non-hydrogen) atoms. The van der Waals surface area contributed by atoms with E-state index in [1.54, 1.807) is 13.1 Å². The van der Waals surface area contributed by atoms with E-state index in [9.17, 15) is 4.79 Å². The number of carbonyl (C=O) groups is 1. The van der Waals surface area contributed by atoms with Crippen molar-refractivity contribution in [3.05, 3.63) is 41.7 Å². The second-order valence-electron chi connectivity index (χ2n) is 3.55. The molecule has 0 aliphatic heterocycles. The van der Waals surface area contributed by atoms with Gasteiger partial charge in [0.1, 0.15) is 5.82 Å². The zero-order valence-electron chi connectivity index (χ0n) is 8.74. The van der Waals surface area contributed by atoms with E-state index in [-0.39, 0.29) is 13.2 Å². The van der Waals surface area contributed by atoms with Gasteiger partial charge in [-0.3, -0.25) is 4.79 Å². The molecule has 0 atom stereocenters. The number of hydrogen-bond donors (Lipinski definition) is 1. The third-order valence-corrected chi connectivity index (χ3v) is 2.27. The van der Waals surface area contributed by atoms with Gasteiger partial charge in [-0.2, -0.15) is 0 Å². The highest BCUT2D eigenvalue weighted by Gasteiger charge is 2.03. The third kappa shape index (κ3) is 2.37. The molecular weight excluding hydrogens is 200 g/mol. The summed E-state index contributed by atoms with van der Waals surface area (Å²) in [5.41, 5.74) is 2.75. The van der Waals surface area contributed by atoms with Gasteiger partial charge in [0, 0.05) is 23.0 Å². The molecule has 0 unspecified atom stereocenters. The maximum atomic E-state index is 11.1. The monoisotopic (exact) mass is 216 g/mol. The fourth-order valence-electron chi connectivity index (χ4n) is 1.42. The van der Waals surface area contributed by atoms with Crippen LogP contribution in [-0.4, -0.2) is 15.8 Å².